The average Bonchev–Trinajstić information content (AvgIpc) is 2.47. The number of aromatic nitrogens is 2. The fourth-order valence-electron chi connectivity index (χ4n) is 3.21. The van der Waals surface area contributed by atoms with Crippen molar-refractivity contribution in [2.75, 3.05) is 0 Å². The van der Waals surface area contributed by atoms with Crippen LogP contribution in [0.25, 0.3) is 0 Å². The zero-order valence-corrected chi connectivity index (χ0v) is 12.4. The Labute approximate surface area is 125 Å². The molecular weight excluding hydrogens is 282 g/mol. The predicted octanol–water partition coefficient (Wildman–Crippen LogP) is 0.950. The second kappa shape index (κ2) is 4.53. The zero-order valence-electron chi connectivity index (χ0n) is 12.4. The summed E-state index contributed by atoms with van der Waals surface area (Å²) in [7, 11) is 1.45. The first-order valence-corrected chi connectivity index (χ1v) is 6.79. The molecule has 3 rings (SSSR count). The molecule has 0 saturated heterocycles. The van der Waals surface area contributed by atoms with Crippen molar-refractivity contribution in [1.82, 2.24) is 9.55 Å². The summed E-state index contributed by atoms with van der Waals surface area (Å²) in [5, 5.41) is 9.08. The Morgan fingerprint density at radius 2 is 1.91 bits per heavy atom. The summed E-state index contributed by atoms with van der Waals surface area (Å²) in [6.07, 6.45) is 0. The lowest BCUT2D eigenvalue weighted by molar-refractivity contribution is 0.102. The molecule has 0 saturated carbocycles. The van der Waals surface area contributed by atoms with Gasteiger partial charge in [-0.1, -0.05) is 6.92 Å². The molecule has 1 aliphatic carbocycles. The molecule has 22 heavy (non-hydrogen) atoms. The highest BCUT2D eigenvalue weighted by Crippen LogP contribution is 2.36. The number of H-pyrrole nitrogens is 1. The molecule has 1 heterocycles. The highest BCUT2D eigenvalue weighted by molar-refractivity contribution is 6.12. The summed E-state index contributed by atoms with van der Waals surface area (Å²) in [6.45, 7) is 3.63. The summed E-state index contributed by atoms with van der Waals surface area (Å²) in [4.78, 5) is 38.9. The van der Waals surface area contributed by atoms with Gasteiger partial charge in [-0.15, -0.1) is 0 Å². The van der Waals surface area contributed by atoms with Crippen LogP contribution in [-0.2, 0) is 7.05 Å². The molecule has 0 fully saturated rings. The topological polar surface area (TPSA) is 95.7 Å². The van der Waals surface area contributed by atoms with Crippen molar-refractivity contribution < 1.29 is 4.79 Å². The van der Waals surface area contributed by atoms with Crippen LogP contribution in [0.4, 0.5) is 0 Å². The van der Waals surface area contributed by atoms with E-state index in [0.717, 1.165) is 15.7 Å². The van der Waals surface area contributed by atoms with Gasteiger partial charge in [0.25, 0.3) is 5.56 Å². The van der Waals surface area contributed by atoms with Crippen LogP contribution in [0.1, 0.15) is 51.1 Å². The Hall–Kier alpha value is -2.94. The van der Waals surface area contributed by atoms with Crippen molar-refractivity contribution in [3.63, 3.8) is 0 Å². The Balaban J connectivity index is 2.46. The van der Waals surface area contributed by atoms with Crippen molar-refractivity contribution >= 4 is 5.78 Å². The maximum atomic E-state index is 12.8. The van der Waals surface area contributed by atoms with E-state index in [-0.39, 0.29) is 11.6 Å². The number of hydrogen-bond acceptors (Lipinski definition) is 4. The van der Waals surface area contributed by atoms with Gasteiger partial charge in [-0.25, -0.2) is 4.79 Å². The van der Waals surface area contributed by atoms with Gasteiger partial charge in [0.15, 0.2) is 0 Å². The number of aryl methyl sites for hydroxylation is 1. The van der Waals surface area contributed by atoms with Gasteiger partial charge in [0.1, 0.15) is 5.69 Å². The van der Waals surface area contributed by atoms with E-state index in [2.05, 4.69) is 4.98 Å². The highest BCUT2D eigenvalue weighted by Gasteiger charge is 2.34. The van der Waals surface area contributed by atoms with Crippen LogP contribution in [-0.4, -0.2) is 15.3 Å². The lowest BCUT2D eigenvalue weighted by Gasteiger charge is -2.26. The molecule has 2 aromatic rings. The number of hydrogen-bond donors (Lipinski definition) is 1. The maximum Gasteiger partial charge on any atom is 0.328 e. The Morgan fingerprint density at radius 1 is 1.23 bits per heavy atom. The average molecular weight is 295 g/mol. The molecule has 0 spiro atoms. The molecule has 6 nitrogen and oxygen atoms in total. The first-order valence-electron chi connectivity index (χ1n) is 6.79. The summed E-state index contributed by atoms with van der Waals surface area (Å²) in [5.41, 5.74) is 1.53. The zero-order chi connectivity index (χ0) is 16.2. The number of nitriles is 1. The third kappa shape index (κ3) is 1.69. The molecule has 0 radical (unpaired) electrons. The molecule has 1 aliphatic rings. The van der Waals surface area contributed by atoms with Crippen molar-refractivity contribution in [1.29, 1.82) is 5.26 Å². The molecule has 1 atom stereocenters. The van der Waals surface area contributed by atoms with Crippen LogP contribution in [0, 0.1) is 18.3 Å². The molecule has 1 aromatic carbocycles. The summed E-state index contributed by atoms with van der Waals surface area (Å²) in [5.74, 6) is -0.722. The summed E-state index contributed by atoms with van der Waals surface area (Å²) < 4.78 is 1.16. The molecule has 1 aromatic heterocycles. The highest BCUT2D eigenvalue weighted by atomic mass is 16.2. The smallest absolute Gasteiger partial charge is 0.293 e. The second-order valence-corrected chi connectivity index (χ2v) is 5.50. The van der Waals surface area contributed by atoms with Crippen LogP contribution >= 0.6 is 0 Å². The Kier molecular flexibility index (Phi) is 2.89. The van der Waals surface area contributed by atoms with E-state index in [9.17, 15) is 14.4 Å². The summed E-state index contributed by atoms with van der Waals surface area (Å²) in [6, 6.07) is 5.25. The van der Waals surface area contributed by atoms with Gasteiger partial charge in [0.2, 0.25) is 5.78 Å². The fraction of sp³-hybridized carbons (Fsp3) is 0.250. The summed E-state index contributed by atoms with van der Waals surface area (Å²) >= 11 is 0. The second-order valence-electron chi connectivity index (χ2n) is 5.50. The fourth-order valence-corrected chi connectivity index (χ4v) is 3.21. The number of carbonyl (C=O) groups is 1. The first-order chi connectivity index (χ1) is 10.4. The molecule has 1 unspecified atom stereocenters. The van der Waals surface area contributed by atoms with Gasteiger partial charge in [-0.2, -0.15) is 5.26 Å². The molecule has 0 bridgehead atoms. The number of fused-ring (bicyclic) bond motifs is 2. The van der Waals surface area contributed by atoms with E-state index in [1.165, 1.54) is 13.1 Å². The van der Waals surface area contributed by atoms with Gasteiger partial charge in [0, 0.05) is 18.5 Å². The number of ketones is 1. The third-order valence-corrected chi connectivity index (χ3v) is 4.20. The number of nitrogens with zero attached hydrogens (tertiary/aromatic N) is 2. The predicted molar refractivity (Wildman–Crippen MR) is 79.1 cm³/mol. The molecular formula is C16H13N3O3. The monoisotopic (exact) mass is 295 g/mol. The normalized spacial score (nSPS) is 15.9. The van der Waals surface area contributed by atoms with Crippen LogP contribution in [0.5, 0.6) is 0 Å². The van der Waals surface area contributed by atoms with Crippen LogP contribution < -0.4 is 11.2 Å². The minimum atomic E-state index is -0.624. The van der Waals surface area contributed by atoms with Gasteiger partial charge in [-0.05, 0) is 30.2 Å². The van der Waals surface area contributed by atoms with E-state index in [0.29, 0.717) is 16.7 Å². The van der Waals surface area contributed by atoms with Gasteiger partial charge in [0.05, 0.1) is 17.2 Å². The molecule has 6 heteroatoms. The van der Waals surface area contributed by atoms with Crippen LogP contribution in [0.2, 0.25) is 0 Å². The minimum Gasteiger partial charge on any atom is -0.293 e. The number of rotatable bonds is 0. The lowest BCUT2D eigenvalue weighted by Crippen LogP contribution is -2.39. The standard InChI is InChI=1S/C16H13N3O3/c1-7-4-9(6-17)5-10-11(7)8(2)12-13(14(10)20)19(3)16(22)18-15(12)21/h4-5,8H,1-3H3,(H,18,21,22). The number of benzene rings is 1. The quantitative estimate of drug-likeness (QED) is 0.782. The van der Waals surface area contributed by atoms with Crippen LogP contribution in [0.15, 0.2) is 21.7 Å². The Bertz CT molecular complexity index is 989. The number of aromatic amines is 1. The van der Waals surface area contributed by atoms with Crippen molar-refractivity contribution in [3.05, 3.63) is 66.5 Å². The lowest BCUT2D eigenvalue weighted by atomic mass is 9.78. The van der Waals surface area contributed by atoms with E-state index >= 15 is 0 Å². The van der Waals surface area contributed by atoms with Crippen molar-refractivity contribution in [2.24, 2.45) is 7.05 Å². The van der Waals surface area contributed by atoms with E-state index in [1.807, 2.05) is 19.9 Å². The van der Waals surface area contributed by atoms with Gasteiger partial charge in [-0.3, -0.25) is 19.1 Å². The van der Waals surface area contributed by atoms with Gasteiger partial charge < -0.3 is 0 Å². The van der Waals surface area contributed by atoms with E-state index in [4.69, 9.17) is 5.26 Å². The van der Waals surface area contributed by atoms with Gasteiger partial charge >= 0.3 is 5.69 Å². The van der Waals surface area contributed by atoms with Crippen LogP contribution in [0.3, 0.4) is 0 Å². The SMILES string of the molecule is Cc1cc(C#N)cc2c1C(C)c1c(n(C)c(=O)[nH]c1=O)C2=O. The Morgan fingerprint density at radius 3 is 2.55 bits per heavy atom. The van der Waals surface area contributed by atoms with Crippen molar-refractivity contribution in [2.45, 2.75) is 19.8 Å². The largest absolute Gasteiger partial charge is 0.328 e. The molecule has 0 aliphatic heterocycles. The first kappa shape index (κ1) is 14.0. The van der Waals surface area contributed by atoms with E-state index in [1.54, 1.807) is 6.07 Å². The van der Waals surface area contributed by atoms with Crippen molar-refractivity contribution in [3.8, 4) is 6.07 Å². The number of carbonyl (C=O) groups excluding carboxylic acids is 1. The molecule has 1 N–H and O–H groups in total. The third-order valence-electron chi connectivity index (χ3n) is 4.20. The minimum absolute atomic E-state index is 0.100. The molecule has 0 amide bonds. The van der Waals surface area contributed by atoms with E-state index < -0.39 is 17.0 Å². The maximum absolute atomic E-state index is 12.8. The molecule has 110 valence electrons. The number of nitrogens with one attached hydrogen (secondary N) is 1.